The van der Waals surface area contributed by atoms with E-state index in [-0.39, 0.29) is 23.8 Å². The van der Waals surface area contributed by atoms with Crippen LogP contribution in [0.4, 0.5) is 0 Å². The first-order valence-electron chi connectivity index (χ1n) is 4.14. The Balaban J connectivity index is 2.76. The second kappa shape index (κ2) is 3.28. The fraction of sp³-hybridized carbons (Fsp3) is 0.667. The van der Waals surface area contributed by atoms with Crippen LogP contribution < -0.4 is 0 Å². The average Bonchev–Trinajstić information content (AvgIpc) is 1.94. The van der Waals surface area contributed by atoms with E-state index in [1.165, 1.54) is 0 Å². The van der Waals surface area contributed by atoms with Crippen molar-refractivity contribution in [2.45, 2.75) is 26.7 Å². The van der Waals surface area contributed by atoms with E-state index >= 15 is 0 Å². The molecule has 1 heterocycles. The zero-order chi connectivity index (χ0) is 10.1. The maximum Gasteiger partial charge on any atom is 0.230 e. The zero-order valence-electron chi connectivity index (χ0n) is 7.79. The molecule has 1 saturated heterocycles. The van der Waals surface area contributed by atoms with Gasteiger partial charge in [0.1, 0.15) is 0 Å². The van der Waals surface area contributed by atoms with E-state index in [1.54, 1.807) is 6.29 Å². The van der Waals surface area contributed by atoms with E-state index < -0.39 is 0 Å². The van der Waals surface area contributed by atoms with E-state index in [2.05, 4.69) is 0 Å². The Bertz CT molecular complexity index is 238. The van der Waals surface area contributed by atoms with Gasteiger partial charge in [-0.25, -0.2) is 0 Å². The summed E-state index contributed by atoms with van der Waals surface area (Å²) < 4.78 is 0. The van der Waals surface area contributed by atoms with Crippen LogP contribution in [0.5, 0.6) is 0 Å². The number of carbonyl (C=O) groups excluding carboxylic acids is 3. The fourth-order valence-corrected chi connectivity index (χ4v) is 1.45. The van der Waals surface area contributed by atoms with Gasteiger partial charge < -0.3 is 0 Å². The van der Waals surface area contributed by atoms with Gasteiger partial charge in [0.2, 0.25) is 18.1 Å². The van der Waals surface area contributed by atoms with E-state index in [1.807, 2.05) is 13.8 Å². The van der Waals surface area contributed by atoms with Crippen LogP contribution in [0.3, 0.4) is 0 Å². The summed E-state index contributed by atoms with van der Waals surface area (Å²) in [5.74, 6) is -0.547. The number of hydrogen-bond acceptors (Lipinski definition) is 3. The molecule has 0 bridgehead atoms. The van der Waals surface area contributed by atoms with Crippen LogP contribution in [0.1, 0.15) is 26.7 Å². The van der Waals surface area contributed by atoms with E-state index in [0.29, 0.717) is 12.8 Å². The molecule has 1 rings (SSSR count). The second-order valence-corrected chi connectivity index (χ2v) is 4.04. The Kier molecular flexibility index (Phi) is 2.50. The summed E-state index contributed by atoms with van der Waals surface area (Å²) in [6.07, 6.45) is 2.20. The van der Waals surface area contributed by atoms with Crippen LogP contribution in [0.25, 0.3) is 0 Å². The minimum atomic E-state index is -0.274. The Morgan fingerprint density at radius 2 is 1.77 bits per heavy atom. The first-order valence-corrected chi connectivity index (χ1v) is 4.14. The van der Waals surface area contributed by atoms with E-state index in [9.17, 15) is 14.4 Å². The van der Waals surface area contributed by atoms with Crippen molar-refractivity contribution in [3.63, 3.8) is 0 Å². The van der Waals surface area contributed by atoms with Crippen molar-refractivity contribution < 1.29 is 14.4 Å². The highest BCUT2D eigenvalue weighted by molar-refractivity contribution is 5.99. The number of rotatable bonds is 2. The Morgan fingerprint density at radius 3 is 2.15 bits per heavy atom. The lowest BCUT2D eigenvalue weighted by atomic mass is 9.82. The standard InChI is InChI=1S/C9H12NO3/c1-9(2)5-7(12)10(3-4-11)8(13)6-9/h3,5-6H2,1-2H3. The summed E-state index contributed by atoms with van der Waals surface area (Å²) in [6.45, 7) is 3.50. The van der Waals surface area contributed by atoms with Crippen LogP contribution in [0.15, 0.2) is 0 Å². The number of carbonyl (C=O) groups is 2. The first kappa shape index (κ1) is 9.89. The molecular formula is C9H12NO3. The summed E-state index contributed by atoms with van der Waals surface area (Å²) in [5, 5.41) is 0. The maximum absolute atomic E-state index is 11.3. The first-order chi connectivity index (χ1) is 5.96. The van der Waals surface area contributed by atoms with Crippen molar-refractivity contribution >= 4 is 18.1 Å². The number of piperidine rings is 1. The molecule has 4 heteroatoms. The summed E-state index contributed by atoms with van der Waals surface area (Å²) >= 11 is 0. The highest BCUT2D eigenvalue weighted by Gasteiger charge is 2.36. The SMILES string of the molecule is CC1(C)CC(=O)N(C[C]=O)C(=O)C1. The number of hydrogen-bond donors (Lipinski definition) is 0. The molecule has 0 aromatic carbocycles. The van der Waals surface area contributed by atoms with Gasteiger partial charge >= 0.3 is 0 Å². The van der Waals surface area contributed by atoms with Crippen LogP contribution in [-0.4, -0.2) is 29.5 Å². The van der Waals surface area contributed by atoms with Gasteiger partial charge in [0.15, 0.2) is 0 Å². The number of amides is 2. The van der Waals surface area contributed by atoms with Crippen molar-refractivity contribution in [3.8, 4) is 0 Å². The van der Waals surface area contributed by atoms with Gasteiger partial charge in [-0.2, -0.15) is 0 Å². The summed E-state index contributed by atoms with van der Waals surface area (Å²) in [6, 6.07) is 0. The molecular weight excluding hydrogens is 170 g/mol. The predicted molar refractivity (Wildman–Crippen MR) is 45.4 cm³/mol. The highest BCUT2D eigenvalue weighted by atomic mass is 16.2. The lowest BCUT2D eigenvalue weighted by Gasteiger charge is -2.33. The Morgan fingerprint density at radius 1 is 1.31 bits per heavy atom. The quantitative estimate of drug-likeness (QED) is 0.576. The van der Waals surface area contributed by atoms with Gasteiger partial charge in [-0.15, -0.1) is 0 Å². The fourth-order valence-electron chi connectivity index (χ4n) is 1.45. The molecule has 1 aliphatic rings. The van der Waals surface area contributed by atoms with Crippen LogP contribution >= 0.6 is 0 Å². The largest absolute Gasteiger partial charge is 0.289 e. The topological polar surface area (TPSA) is 54.5 Å². The lowest BCUT2D eigenvalue weighted by molar-refractivity contribution is -0.151. The zero-order valence-corrected chi connectivity index (χ0v) is 7.79. The summed E-state index contributed by atoms with van der Waals surface area (Å²) in [7, 11) is 0. The molecule has 0 saturated carbocycles. The highest BCUT2D eigenvalue weighted by Crippen LogP contribution is 2.30. The van der Waals surface area contributed by atoms with Gasteiger partial charge in [-0.1, -0.05) is 13.8 Å². The molecule has 2 amide bonds. The van der Waals surface area contributed by atoms with Gasteiger partial charge in [-0.3, -0.25) is 19.3 Å². The molecule has 0 aromatic heterocycles. The minimum Gasteiger partial charge on any atom is -0.289 e. The van der Waals surface area contributed by atoms with Crippen LogP contribution in [0.2, 0.25) is 0 Å². The molecule has 0 N–H and O–H groups in total. The van der Waals surface area contributed by atoms with Crippen molar-refractivity contribution in [2.24, 2.45) is 5.41 Å². The Labute approximate surface area is 76.9 Å². The van der Waals surface area contributed by atoms with Gasteiger partial charge in [0.05, 0.1) is 6.54 Å². The third kappa shape index (κ3) is 2.14. The maximum atomic E-state index is 11.3. The molecule has 1 fully saturated rings. The van der Waals surface area contributed by atoms with Gasteiger partial charge in [-0.05, 0) is 5.41 Å². The molecule has 1 radical (unpaired) electrons. The van der Waals surface area contributed by atoms with E-state index in [0.717, 1.165) is 4.90 Å². The number of likely N-dealkylation sites (tertiary alicyclic amines) is 1. The van der Waals surface area contributed by atoms with E-state index in [4.69, 9.17) is 0 Å². The van der Waals surface area contributed by atoms with Crippen molar-refractivity contribution in [1.82, 2.24) is 4.90 Å². The summed E-state index contributed by atoms with van der Waals surface area (Å²) in [4.78, 5) is 33.7. The third-order valence-electron chi connectivity index (χ3n) is 2.08. The van der Waals surface area contributed by atoms with Gasteiger partial charge in [0.25, 0.3) is 0 Å². The molecule has 1 aliphatic heterocycles. The Hall–Kier alpha value is -1.19. The number of imide groups is 1. The molecule has 13 heavy (non-hydrogen) atoms. The molecule has 0 aromatic rings. The monoisotopic (exact) mass is 182 g/mol. The van der Waals surface area contributed by atoms with Crippen LogP contribution in [0, 0.1) is 5.41 Å². The van der Waals surface area contributed by atoms with Crippen molar-refractivity contribution in [1.29, 1.82) is 0 Å². The molecule has 0 unspecified atom stereocenters. The normalized spacial score (nSPS) is 21.8. The van der Waals surface area contributed by atoms with Crippen molar-refractivity contribution in [2.75, 3.05) is 6.54 Å². The molecule has 71 valence electrons. The van der Waals surface area contributed by atoms with Crippen molar-refractivity contribution in [3.05, 3.63) is 0 Å². The third-order valence-corrected chi connectivity index (χ3v) is 2.08. The molecule has 0 atom stereocenters. The minimum absolute atomic E-state index is 0.228. The molecule has 0 aliphatic carbocycles. The average molecular weight is 182 g/mol. The summed E-state index contributed by atoms with van der Waals surface area (Å²) in [5.41, 5.74) is -0.270. The second-order valence-electron chi connectivity index (χ2n) is 4.04. The smallest absolute Gasteiger partial charge is 0.230 e. The van der Waals surface area contributed by atoms with Gasteiger partial charge in [0, 0.05) is 12.8 Å². The molecule has 4 nitrogen and oxygen atoms in total. The number of nitrogens with zero attached hydrogens (tertiary/aromatic N) is 1. The predicted octanol–water partition coefficient (Wildman–Crippen LogP) is 0.271. The molecule has 0 spiro atoms. The lowest BCUT2D eigenvalue weighted by Crippen LogP contribution is -2.46. The van der Waals surface area contributed by atoms with Crippen LogP contribution in [-0.2, 0) is 14.4 Å².